The summed E-state index contributed by atoms with van der Waals surface area (Å²) in [4.78, 5) is 18.8. The second-order valence-corrected chi connectivity index (χ2v) is 4.53. The first-order valence-corrected chi connectivity index (χ1v) is 6.03. The molecule has 2 rings (SSSR count). The van der Waals surface area contributed by atoms with Crippen molar-refractivity contribution in [1.29, 1.82) is 0 Å². The maximum absolute atomic E-state index is 10.7. The van der Waals surface area contributed by atoms with E-state index in [9.17, 15) is 4.79 Å². The fraction of sp³-hybridized carbons (Fsp3) is 0.300. The second kappa shape index (κ2) is 5.05. The van der Waals surface area contributed by atoms with Gasteiger partial charge in [0.15, 0.2) is 5.69 Å². The van der Waals surface area contributed by atoms with Crippen molar-refractivity contribution in [2.75, 3.05) is 5.32 Å². The van der Waals surface area contributed by atoms with E-state index in [1.54, 1.807) is 0 Å². The Hall–Kier alpha value is -2.09. The summed E-state index contributed by atoms with van der Waals surface area (Å²) in [5.41, 5.74) is 1.64. The van der Waals surface area contributed by atoms with Crippen LogP contribution in [0.5, 0.6) is 0 Å². The first kappa shape index (κ1) is 12.4. The number of nitrogens with one attached hydrogen (secondary N) is 1. The van der Waals surface area contributed by atoms with Gasteiger partial charge in [0.2, 0.25) is 5.95 Å². The third-order valence-electron chi connectivity index (χ3n) is 2.26. The van der Waals surface area contributed by atoms with Gasteiger partial charge in [-0.25, -0.2) is 14.8 Å². The summed E-state index contributed by atoms with van der Waals surface area (Å²) in [6.45, 7) is 4.06. The van der Waals surface area contributed by atoms with Crippen LogP contribution in [0.15, 0.2) is 5.38 Å². The number of hydrogen-bond donors (Lipinski definition) is 2. The standard InChI is InChI=1S/C10H11N5O2S/c1-5-6(2)14-15-10(12-5)11-3-8-13-7(4-18-8)9(16)17/h4H,3H2,1-2H3,(H,16,17)(H,11,12,15). The van der Waals surface area contributed by atoms with E-state index < -0.39 is 5.97 Å². The van der Waals surface area contributed by atoms with Crippen molar-refractivity contribution >= 4 is 23.3 Å². The number of hydrogen-bond acceptors (Lipinski definition) is 7. The van der Waals surface area contributed by atoms with Gasteiger partial charge >= 0.3 is 5.97 Å². The summed E-state index contributed by atoms with van der Waals surface area (Å²) in [7, 11) is 0. The molecule has 0 bridgehead atoms. The molecule has 0 fully saturated rings. The molecule has 0 spiro atoms. The largest absolute Gasteiger partial charge is 0.476 e. The molecule has 0 aliphatic heterocycles. The van der Waals surface area contributed by atoms with Crippen molar-refractivity contribution in [2.24, 2.45) is 0 Å². The molecule has 2 aromatic rings. The molecule has 94 valence electrons. The van der Waals surface area contributed by atoms with E-state index in [0.717, 1.165) is 11.4 Å². The van der Waals surface area contributed by atoms with Crippen LogP contribution in [-0.2, 0) is 6.54 Å². The van der Waals surface area contributed by atoms with Gasteiger partial charge < -0.3 is 10.4 Å². The van der Waals surface area contributed by atoms with Gasteiger partial charge in [-0.15, -0.1) is 16.4 Å². The van der Waals surface area contributed by atoms with Crippen molar-refractivity contribution in [3.63, 3.8) is 0 Å². The van der Waals surface area contributed by atoms with Crippen LogP contribution in [0.2, 0.25) is 0 Å². The van der Waals surface area contributed by atoms with Crippen molar-refractivity contribution in [3.8, 4) is 0 Å². The minimum absolute atomic E-state index is 0.0518. The number of carbonyl (C=O) groups is 1. The molecule has 2 aromatic heterocycles. The van der Waals surface area contributed by atoms with E-state index in [1.165, 1.54) is 16.7 Å². The number of carboxylic acid groups (broad SMARTS) is 1. The molecule has 0 aromatic carbocycles. The maximum atomic E-state index is 10.7. The molecule has 0 amide bonds. The SMILES string of the molecule is Cc1nnc(NCc2nc(C(=O)O)cs2)nc1C. The Morgan fingerprint density at radius 1 is 1.33 bits per heavy atom. The quantitative estimate of drug-likeness (QED) is 0.857. The second-order valence-electron chi connectivity index (χ2n) is 3.59. The van der Waals surface area contributed by atoms with Crippen molar-refractivity contribution in [2.45, 2.75) is 20.4 Å². The lowest BCUT2D eigenvalue weighted by atomic mass is 10.4. The van der Waals surface area contributed by atoms with Crippen molar-refractivity contribution in [3.05, 3.63) is 27.5 Å². The summed E-state index contributed by atoms with van der Waals surface area (Å²) >= 11 is 1.27. The first-order chi connectivity index (χ1) is 8.56. The third-order valence-corrected chi connectivity index (χ3v) is 3.11. The molecule has 7 nitrogen and oxygen atoms in total. The zero-order valence-electron chi connectivity index (χ0n) is 9.84. The molecule has 0 atom stereocenters. The van der Waals surface area contributed by atoms with Crippen molar-refractivity contribution < 1.29 is 9.90 Å². The van der Waals surface area contributed by atoms with Gasteiger partial charge in [-0.2, -0.15) is 5.10 Å². The lowest BCUT2D eigenvalue weighted by Gasteiger charge is -2.03. The van der Waals surface area contributed by atoms with Gasteiger partial charge in [0, 0.05) is 5.38 Å². The fourth-order valence-corrected chi connectivity index (χ4v) is 1.88. The number of anilines is 1. The lowest BCUT2D eigenvalue weighted by molar-refractivity contribution is 0.0691. The Labute approximate surface area is 107 Å². The average Bonchev–Trinajstić information content (AvgIpc) is 2.79. The van der Waals surface area contributed by atoms with E-state index in [4.69, 9.17) is 5.11 Å². The molecule has 0 saturated heterocycles. The first-order valence-electron chi connectivity index (χ1n) is 5.15. The smallest absolute Gasteiger partial charge is 0.355 e. The Kier molecular flexibility index (Phi) is 3.47. The molecule has 2 N–H and O–H groups in total. The Morgan fingerprint density at radius 2 is 2.11 bits per heavy atom. The van der Waals surface area contributed by atoms with E-state index in [0.29, 0.717) is 17.5 Å². The predicted molar refractivity (Wildman–Crippen MR) is 65.7 cm³/mol. The van der Waals surface area contributed by atoms with Crippen LogP contribution in [0.1, 0.15) is 26.9 Å². The van der Waals surface area contributed by atoms with Crippen LogP contribution in [0.4, 0.5) is 5.95 Å². The Balaban J connectivity index is 2.02. The van der Waals surface area contributed by atoms with Crippen LogP contribution < -0.4 is 5.32 Å². The summed E-state index contributed by atoms with van der Waals surface area (Å²) < 4.78 is 0. The number of aromatic nitrogens is 4. The van der Waals surface area contributed by atoms with E-state index in [2.05, 4.69) is 25.5 Å². The average molecular weight is 265 g/mol. The van der Waals surface area contributed by atoms with Gasteiger partial charge in [-0.05, 0) is 13.8 Å². The Bertz CT molecular complexity index is 583. The number of nitrogens with zero attached hydrogens (tertiary/aromatic N) is 4. The van der Waals surface area contributed by atoms with E-state index >= 15 is 0 Å². The normalized spacial score (nSPS) is 10.3. The topological polar surface area (TPSA) is 101 Å². The highest BCUT2D eigenvalue weighted by atomic mass is 32.1. The fourth-order valence-electron chi connectivity index (χ4n) is 1.18. The highest BCUT2D eigenvalue weighted by molar-refractivity contribution is 7.09. The summed E-state index contributed by atoms with van der Waals surface area (Å²) in [6, 6.07) is 0. The van der Waals surface area contributed by atoms with Crippen LogP contribution in [0.3, 0.4) is 0 Å². The zero-order valence-corrected chi connectivity index (χ0v) is 10.7. The molecular formula is C10H11N5O2S. The molecule has 2 heterocycles. The highest BCUT2D eigenvalue weighted by Crippen LogP contribution is 2.11. The molecule has 0 aliphatic carbocycles. The number of aromatic carboxylic acids is 1. The van der Waals surface area contributed by atoms with Crippen LogP contribution in [0, 0.1) is 13.8 Å². The van der Waals surface area contributed by atoms with Gasteiger partial charge in [0.25, 0.3) is 0 Å². The highest BCUT2D eigenvalue weighted by Gasteiger charge is 2.09. The van der Waals surface area contributed by atoms with Gasteiger partial charge in [0.1, 0.15) is 5.01 Å². The molecule has 0 aliphatic rings. The minimum Gasteiger partial charge on any atom is -0.476 e. The number of thiazole rings is 1. The van der Waals surface area contributed by atoms with Gasteiger partial charge in [-0.1, -0.05) is 0 Å². The summed E-state index contributed by atoms with van der Waals surface area (Å²) in [6.07, 6.45) is 0. The third kappa shape index (κ3) is 2.77. The summed E-state index contributed by atoms with van der Waals surface area (Å²) in [5, 5.41) is 21.7. The summed E-state index contributed by atoms with van der Waals surface area (Å²) in [5.74, 6) is -0.619. The van der Waals surface area contributed by atoms with Crippen molar-refractivity contribution in [1.82, 2.24) is 20.2 Å². The predicted octanol–water partition coefficient (Wildman–Crippen LogP) is 1.26. The van der Waals surface area contributed by atoms with Gasteiger partial charge in [0.05, 0.1) is 17.9 Å². The lowest BCUT2D eigenvalue weighted by Crippen LogP contribution is -2.07. The van der Waals surface area contributed by atoms with E-state index in [1.807, 2.05) is 13.8 Å². The molecular weight excluding hydrogens is 254 g/mol. The number of carboxylic acids is 1. The number of aryl methyl sites for hydroxylation is 2. The minimum atomic E-state index is -1.03. The van der Waals surface area contributed by atoms with Crippen LogP contribution in [0.25, 0.3) is 0 Å². The Morgan fingerprint density at radius 3 is 2.72 bits per heavy atom. The molecule has 0 radical (unpaired) electrons. The van der Waals surface area contributed by atoms with Crippen LogP contribution >= 0.6 is 11.3 Å². The van der Waals surface area contributed by atoms with E-state index in [-0.39, 0.29) is 5.69 Å². The number of rotatable bonds is 4. The molecule has 18 heavy (non-hydrogen) atoms. The zero-order chi connectivity index (χ0) is 13.1. The maximum Gasteiger partial charge on any atom is 0.355 e. The molecule has 0 saturated carbocycles. The molecule has 8 heteroatoms. The van der Waals surface area contributed by atoms with Crippen LogP contribution in [-0.4, -0.2) is 31.2 Å². The van der Waals surface area contributed by atoms with Gasteiger partial charge in [-0.3, -0.25) is 0 Å². The molecule has 0 unspecified atom stereocenters. The monoisotopic (exact) mass is 265 g/mol.